The number of carbonyl (C=O) groups excluding carboxylic acids is 4. The van der Waals surface area contributed by atoms with Gasteiger partial charge in [-0.15, -0.1) is 0 Å². The standard InChI is InChI=1S/C29H46N4O6/c1-4-5-6-7-8-9-10-11-12-13-14-15-26(37)33-27(22(3)34)29(39)32-24-20-23(35)18-19-30-25(36)17-16-21(2)31-28(24)38/h8-9,12-17,21-24,27,34-35H,4-7,10-11,18-20H2,1-3H3,(H,30,36)(H,31,38)(H,32,39)(H,33,37)/b9-8+,13-12+,15-14+,17-16-/t21-,22+,23-,24-,27-/m0/s1. The van der Waals surface area contributed by atoms with E-state index in [-0.39, 0.29) is 25.3 Å². The number of unbranched alkanes of at least 4 members (excludes halogenated alkanes) is 4. The fourth-order valence-corrected chi connectivity index (χ4v) is 3.77. The third-order valence-corrected chi connectivity index (χ3v) is 6.02. The van der Waals surface area contributed by atoms with Crippen LogP contribution in [0.15, 0.2) is 48.6 Å². The quantitative estimate of drug-likeness (QED) is 0.0893. The Bertz CT molecular complexity index is 896. The number of amides is 4. The molecule has 0 aromatic heterocycles. The molecule has 0 saturated carbocycles. The first kappa shape index (κ1) is 33.8. The maximum absolute atomic E-state index is 12.9. The fraction of sp³-hybridized carbons (Fsp3) is 0.586. The monoisotopic (exact) mass is 546 g/mol. The molecule has 4 amide bonds. The van der Waals surface area contributed by atoms with Gasteiger partial charge in [0.1, 0.15) is 12.1 Å². The Morgan fingerprint density at radius 1 is 1.13 bits per heavy atom. The van der Waals surface area contributed by atoms with Crippen LogP contribution in [0.2, 0.25) is 0 Å². The van der Waals surface area contributed by atoms with Crippen molar-refractivity contribution in [2.24, 2.45) is 0 Å². The number of carbonyl (C=O) groups is 4. The first-order chi connectivity index (χ1) is 18.6. The van der Waals surface area contributed by atoms with Crippen LogP contribution in [0.3, 0.4) is 0 Å². The molecule has 1 aliphatic rings. The summed E-state index contributed by atoms with van der Waals surface area (Å²) in [6.07, 6.45) is 18.0. The maximum atomic E-state index is 12.9. The molecule has 0 radical (unpaired) electrons. The molecule has 0 aromatic rings. The van der Waals surface area contributed by atoms with Gasteiger partial charge in [-0.1, -0.05) is 56.2 Å². The maximum Gasteiger partial charge on any atom is 0.245 e. The molecule has 0 unspecified atom stereocenters. The number of aliphatic hydroxyl groups excluding tert-OH is 2. The summed E-state index contributed by atoms with van der Waals surface area (Å²) in [5.74, 6) is -2.23. The SMILES string of the molecule is CCCCC/C=C/CC/C=C/C=C/C(=O)N[C@H](C(=O)N[C@H]1C[C@@H](O)CCNC(=O)/C=C\[C@H](C)NC1=O)[C@@H](C)O. The topological polar surface area (TPSA) is 157 Å². The van der Waals surface area contributed by atoms with Gasteiger partial charge in [0.25, 0.3) is 0 Å². The summed E-state index contributed by atoms with van der Waals surface area (Å²) in [7, 11) is 0. The highest BCUT2D eigenvalue weighted by Gasteiger charge is 2.31. The largest absolute Gasteiger partial charge is 0.393 e. The van der Waals surface area contributed by atoms with E-state index in [1.807, 2.05) is 6.08 Å². The van der Waals surface area contributed by atoms with Crippen LogP contribution < -0.4 is 21.3 Å². The van der Waals surface area contributed by atoms with Gasteiger partial charge in [0.05, 0.1) is 12.2 Å². The van der Waals surface area contributed by atoms with Crippen molar-refractivity contribution in [1.82, 2.24) is 21.3 Å². The van der Waals surface area contributed by atoms with Crippen LogP contribution >= 0.6 is 0 Å². The van der Waals surface area contributed by atoms with Crippen molar-refractivity contribution in [3.8, 4) is 0 Å². The van der Waals surface area contributed by atoms with E-state index in [4.69, 9.17) is 0 Å². The molecular formula is C29H46N4O6. The molecule has 0 aromatic carbocycles. The second kappa shape index (κ2) is 19.8. The van der Waals surface area contributed by atoms with Crippen molar-refractivity contribution in [3.63, 3.8) is 0 Å². The predicted octanol–water partition coefficient (Wildman–Crippen LogP) is 1.70. The number of hydrogen-bond acceptors (Lipinski definition) is 6. The Morgan fingerprint density at radius 2 is 1.85 bits per heavy atom. The van der Waals surface area contributed by atoms with Gasteiger partial charge in [0.15, 0.2) is 0 Å². The highest BCUT2D eigenvalue weighted by molar-refractivity contribution is 5.95. The van der Waals surface area contributed by atoms with Crippen molar-refractivity contribution in [2.45, 2.75) is 102 Å². The van der Waals surface area contributed by atoms with Gasteiger partial charge in [-0.05, 0) is 46.0 Å². The molecule has 0 spiro atoms. The molecular weight excluding hydrogens is 500 g/mol. The van der Waals surface area contributed by atoms with Gasteiger partial charge < -0.3 is 31.5 Å². The summed E-state index contributed by atoms with van der Waals surface area (Å²) in [5.41, 5.74) is 0. The first-order valence-corrected chi connectivity index (χ1v) is 13.9. The molecule has 218 valence electrons. The van der Waals surface area contributed by atoms with E-state index >= 15 is 0 Å². The Balaban J connectivity index is 2.68. The van der Waals surface area contributed by atoms with E-state index in [1.54, 1.807) is 19.1 Å². The van der Waals surface area contributed by atoms with Gasteiger partial charge in [-0.25, -0.2) is 0 Å². The van der Waals surface area contributed by atoms with E-state index in [0.29, 0.717) is 0 Å². The van der Waals surface area contributed by atoms with Crippen LogP contribution in [0, 0.1) is 0 Å². The van der Waals surface area contributed by atoms with Gasteiger partial charge >= 0.3 is 0 Å². The fourth-order valence-electron chi connectivity index (χ4n) is 3.77. The summed E-state index contributed by atoms with van der Waals surface area (Å²) < 4.78 is 0. The molecule has 6 N–H and O–H groups in total. The predicted molar refractivity (Wildman–Crippen MR) is 151 cm³/mol. The summed E-state index contributed by atoms with van der Waals surface area (Å²) in [4.78, 5) is 49.8. The molecule has 10 heteroatoms. The Labute approximate surface area is 232 Å². The van der Waals surface area contributed by atoms with E-state index < -0.39 is 48.1 Å². The lowest BCUT2D eigenvalue weighted by molar-refractivity contribution is -0.134. The lowest BCUT2D eigenvalue weighted by Crippen LogP contribution is -2.58. The summed E-state index contributed by atoms with van der Waals surface area (Å²) in [6.45, 7) is 5.40. The zero-order valence-electron chi connectivity index (χ0n) is 23.4. The number of nitrogens with one attached hydrogen (secondary N) is 4. The third kappa shape index (κ3) is 15.7. The minimum atomic E-state index is -1.31. The highest BCUT2D eigenvalue weighted by atomic mass is 16.3. The van der Waals surface area contributed by atoms with Crippen molar-refractivity contribution < 1.29 is 29.4 Å². The molecule has 10 nitrogen and oxygen atoms in total. The van der Waals surface area contributed by atoms with Crippen LogP contribution in [0.1, 0.15) is 72.1 Å². The van der Waals surface area contributed by atoms with E-state index in [0.717, 1.165) is 19.3 Å². The average molecular weight is 547 g/mol. The van der Waals surface area contributed by atoms with Crippen molar-refractivity contribution in [1.29, 1.82) is 0 Å². The summed E-state index contributed by atoms with van der Waals surface area (Å²) >= 11 is 0. The Morgan fingerprint density at radius 3 is 2.56 bits per heavy atom. The molecule has 0 bridgehead atoms. The number of allylic oxidation sites excluding steroid dienone is 5. The first-order valence-electron chi connectivity index (χ1n) is 13.9. The molecule has 0 saturated heterocycles. The number of rotatable bonds is 13. The molecule has 0 aliphatic carbocycles. The van der Waals surface area contributed by atoms with Gasteiger partial charge in [-0.3, -0.25) is 19.2 Å². The minimum absolute atomic E-state index is 0.108. The smallest absolute Gasteiger partial charge is 0.245 e. The number of hydrogen-bond donors (Lipinski definition) is 6. The van der Waals surface area contributed by atoms with Crippen LogP contribution in [-0.4, -0.2) is 70.7 Å². The number of aliphatic hydroxyl groups is 2. The van der Waals surface area contributed by atoms with Gasteiger partial charge in [0, 0.05) is 31.2 Å². The second-order valence-electron chi connectivity index (χ2n) is 9.75. The van der Waals surface area contributed by atoms with E-state index in [9.17, 15) is 29.4 Å². The lowest BCUT2D eigenvalue weighted by Gasteiger charge is -2.26. The Kier molecular flexibility index (Phi) is 17.1. The molecule has 0 fully saturated rings. The average Bonchev–Trinajstić information content (AvgIpc) is 2.88. The zero-order valence-corrected chi connectivity index (χ0v) is 23.4. The molecule has 1 heterocycles. The van der Waals surface area contributed by atoms with Crippen LogP contribution in [-0.2, 0) is 19.2 Å². The highest BCUT2D eigenvalue weighted by Crippen LogP contribution is 2.07. The Hall–Kier alpha value is -3.24. The van der Waals surface area contributed by atoms with E-state index in [1.165, 1.54) is 44.4 Å². The normalized spacial score (nSPS) is 23.5. The van der Waals surface area contributed by atoms with Crippen molar-refractivity contribution >= 4 is 23.6 Å². The summed E-state index contributed by atoms with van der Waals surface area (Å²) in [6, 6.07) is -2.94. The van der Waals surface area contributed by atoms with E-state index in [2.05, 4.69) is 40.3 Å². The van der Waals surface area contributed by atoms with Crippen LogP contribution in [0.4, 0.5) is 0 Å². The van der Waals surface area contributed by atoms with Crippen LogP contribution in [0.25, 0.3) is 0 Å². The minimum Gasteiger partial charge on any atom is -0.393 e. The molecule has 39 heavy (non-hydrogen) atoms. The molecule has 1 aliphatic heterocycles. The van der Waals surface area contributed by atoms with Crippen molar-refractivity contribution in [2.75, 3.05) is 6.54 Å². The van der Waals surface area contributed by atoms with Crippen molar-refractivity contribution in [3.05, 3.63) is 48.6 Å². The molecule has 1 rings (SSSR count). The summed E-state index contributed by atoms with van der Waals surface area (Å²) in [5, 5.41) is 30.8. The van der Waals surface area contributed by atoms with Gasteiger partial charge in [-0.2, -0.15) is 0 Å². The second-order valence-corrected chi connectivity index (χ2v) is 9.75. The molecule has 5 atom stereocenters. The van der Waals surface area contributed by atoms with Crippen LogP contribution in [0.5, 0.6) is 0 Å². The third-order valence-electron chi connectivity index (χ3n) is 6.02. The zero-order chi connectivity index (χ0) is 29.0. The van der Waals surface area contributed by atoms with Gasteiger partial charge in [0.2, 0.25) is 23.6 Å². The lowest BCUT2D eigenvalue weighted by atomic mass is 10.0.